The molecule has 16 heavy (non-hydrogen) atoms. The summed E-state index contributed by atoms with van der Waals surface area (Å²) in [5.74, 6) is 0.412. The van der Waals surface area contributed by atoms with Crippen LogP contribution in [0.4, 0.5) is 0 Å². The molecule has 5 heteroatoms. The maximum absolute atomic E-state index is 11.4. The maximum Gasteiger partial charge on any atom is 0.309 e. The molecule has 1 N–H and O–H groups in total. The van der Waals surface area contributed by atoms with Crippen LogP contribution >= 0.6 is 0 Å². The number of nitrogens with zero attached hydrogens (tertiary/aromatic N) is 2. The van der Waals surface area contributed by atoms with Crippen molar-refractivity contribution in [1.82, 2.24) is 9.97 Å². The predicted molar refractivity (Wildman–Crippen MR) is 55.4 cm³/mol. The second-order valence-corrected chi connectivity index (χ2v) is 3.77. The molecule has 1 fully saturated rings. The molecular formula is C11H14N2O3. The fraction of sp³-hybridized carbons (Fsp3) is 0.545. The molecule has 86 valence electrons. The van der Waals surface area contributed by atoms with E-state index in [-0.39, 0.29) is 24.4 Å². The monoisotopic (exact) mass is 222 g/mol. The lowest BCUT2D eigenvalue weighted by molar-refractivity contribution is -0.144. The van der Waals surface area contributed by atoms with Gasteiger partial charge in [0.25, 0.3) is 0 Å². The lowest BCUT2D eigenvalue weighted by Crippen LogP contribution is -2.08. The second-order valence-electron chi connectivity index (χ2n) is 3.77. The van der Waals surface area contributed by atoms with Gasteiger partial charge in [-0.25, -0.2) is 9.97 Å². The van der Waals surface area contributed by atoms with Crippen LogP contribution in [0.15, 0.2) is 12.3 Å². The molecule has 0 bridgehead atoms. The Morgan fingerprint density at radius 3 is 3.19 bits per heavy atom. The first-order valence-electron chi connectivity index (χ1n) is 5.35. The zero-order chi connectivity index (χ0) is 11.5. The van der Waals surface area contributed by atoms with Crippen molar-refractivity contribution in [3.8, 4) is 0 Å². The smallest absolute Gasteiger partial charge is 0.309 e. The third kappa shape index (κ3) is 2.19. The number of rotatable bonds is 4. The van der Waals surface area contributed by atoms with Gasteiger partial charge in [-0.2, -0.15) is 0 Å². The van der Waals surface area contributed by atoms with Gasteiger partial charge in [0.05, 0.1) is 24.8 Å². The maximum atomic E-state index is 11.4. The number of esters is 1. The van der Waals surface area contributed by atoms with Gasteiger partial charge < -0.3 is 9.84 Å². The molecule has 1 aliphatic rings. The molecule has 0 aromatic carbocycles. The number of aromatic nitrogens is 2. The Bertz CT molecular complexity index is 395. The van der Waals surface area contributed by atoms with Gasteiger partial charge in [0.2, 0.25) is 0 Å². The van der Waals surface area contributed by atoms with E-state index >= 15 is 0 Å². The van der Waals surface area contributed by atoms with E-state index in [9.17, 15) is 4.79 Å². The molecule has 1 saturated carbocycles. The molecular weight excluding hydrogens is 208 g/mol. The van der Waals surface area contributed by atoms with Gasteiger partial charge in [0, 0.05) is 12.1 Å². The van der Waals surface area contributed by atoms with Crippen LogP contribution in [0.3, 0.4) is 0 Å². The number of hydrogen-bond donors (Lipinski definition) is 1. The lowest BCUT2D eigenvalue weighted by Gasteiger charge is -2.01. The van der Waals surface area contributed by atoms with Crippen molar-refractivity contribution in [3.05, 3.63) is 23.8 Å². The van der Waals surface area contributed by atoms with Crippen LogP contribution < -0.4 is 0 Å². The standard InChI is InChI=1S/C11H14N2O3/c1-2-16-11(15)9-5-8(9)10-12-4-3-7(6-14)13-10/h3-4,8-9,14H,2,5-6H2,1H3/t8-,9-/m0/s1. The van der Waals surface area contributed by atoms with E-state index in [1.807, 2.05) is 0 Å². The molecule has 0 unspecified atom stereocenters. The summed E-state index contributed by atoms with van der Waals surface area (Å²) < 4.78 is 4.93. The molecule has 0 saturated heterocycles. The highest BCUT2D eigenvalue weighted by atomic mass is 16.5. The summed E-state index contributed by atoms with van der Waals surface area (Å²) in [4.78, 5) is 19.7. The number of carbonyl (C=O) groups is 1. The van der Waals surface area contributed by atoms with E-state index in [2.05, 4.69) is 9.97 Å². The average Bonchev–Trinajstić information content (AvgIpc) is 3.09. The lowest BCUT2D eigenvalue weighted by atomic mass is 10.3. The van der Waals surface area contributed by atoms with E-state index in [0.29, 0.717) is 18.1 Å². The summed E-state index contributed by atoms with van der Waals surface area (Å²) in [6.45, 7) is 2.09. The fourth-order valence-corrected chi connectivity index (χ4v) is 1.67. The van der Waals surface area contributed by atoms with Gasteiger partial charge in [0.15, 0.2) is 0 Å². The van der Waals surface area contributed by atoms with Crippen LogP contribution in [0.5, 0.6) is 0 Å². The molecule has 0 spiro atoms. The normalized spacial score (nSPS) is 22.9. The van der Waals surface area contributed by atoms with Gasteiger partial charge >= 0.3 is 5.97 Å². The quantitative estimate of drug-likeness (QED) is 0.757. The largest absolute Gasteiger partial charge is 0.466 e. The van der Waals surface area contributed by atoms with E-state index in [4.69, 9.17) is 9.84 Å². The van der Waals surface area contributed by atoms with E-state index in [1.165, 1.54) is 0 Å². The first kappa shape index (κ1) is 11.0. The van der Waals surface area contributed by atoms with Crippen molar-refractivity contribution in [2.24, 2.45) is 5.92 Å². The number of ether oxygens (including phenoxy) is 1. The minimum absolute atomic E-state index is 0.0607. The van der Waals surface area contributed by atoms with Gasteiger partial charge in [0.1, 0.15) is 5.82 Å². The second kappa shape index (κ2) is 4.57. The van der Waals surface area contributed by atoms with E-state index in [0.717, 1.165) is 6.42 Å². The Kier molecular flexibility index (Phi) is 3.14. The number of hydrogen-bond acceptors (Lipinski definition) is 5. The Balaban J connectivity index is 2.02. The van der Waals surface area contributed by atoms with Crippen LogP contribution in [-0.4, -0.2) is 27.7 Å². The van der Waals surface area contributed by atoms with Crippen molar-refractivity contribution in [2.75, 3.05) is 6.61 Å². The number of aliphatic hydroxyl groups excluding tert-OH is 1. The average molecular weight is 222 g/mol. The topological polar surface area (TPSA) is 72.3 Å². The summed E-state index contributed by atoms with van der Waals surface area (Å²) in [6.07, 6.45) is 2.35. The minimum atomic E-state index is -0.175. The fourth-order valence-electron chi connectivity index (χ4n) is 1.67. The van der Waals surface area contributed by atoms with Crippen molar-refractivity contribution in [3.63, 3.8) is 0 Å². The molecule has 2 rings (SSSR count). The van der Waals surface area contributed by atoms with Crippen molar-refractivity contribution in [2.45, 2.75) is 25.9 Å². The van der Waals surface area contributed by atoms with Crippen LogP contribution in [0.1, 0.15) is 30.8 Å². The van der Waals surface area contributed by atoms with Crippen LogP contribution in [0, 0.1) is 5.92 Å². The van der Waals surface area contributed by atoms with Crippen LogP contribution in [-0.2, 0) is 16.1 Å². The Labute approximate surface area is 93.5 Å². The summed E-state index contributed by atoms with van der Waals surface area (Å²) in [5.41, 5.74) is 0.583. The Morgan fingerprint density at radius 1 is 1.69 bits per heavy atom. The highest BCUT2D eigenvalue weighted by Gasteiger charge is 2.47. The molecule has 0 aliphatic heterocycles. The first-order chi connectivity index (χ1) is 7.76. The van der Waals surface area contributed by atoms with Gasteiger partial charge in [-0.15, -0.1) is 0 Å². The molecule has 2 atom stereocenters. The Morgan fingerprint density at radius 2 is 2.50 bits per heavy atom. The molecule has 1 aromatic heterocycles. The summed E-state index contributed by atoms with van der Waals surface area (Å²) >= 11 is 0. The Hall–Kier alpha value is -1.49. The highest BCUT2D eigenvalue weighted by Crippen LogP contribution is 2.46. The van der Waals surface area contributed by atoms with Crippen LogP contribution in [0.2, 0.25) is 0 Å². The van der Waals surface area contributed by atoms with Crippen LogP contribution in [0.25, 0.3) is 0 Å². The summed E-state index contributed by atoms with van der Waals surface area (Å²) in [5, 5.41) is 8.94. The summed E-state index contributed by atoms with van der Waals surface area (Å²) in [7, 11) is 0. The van der Waals surface area contributed by atoms with E-state index < -0.39 is 0 Å². The highest BCUT2D eigenvalue weighted by molar-refractivity contribution is 5.77. The molecule has 5 nitrogen and oxygen atoms in total. The number of carbonyl (C=O) groups excluding carboxylic acids is 1. The van der Waals surface area contributed by atoms with Crippen molar-refractivity contribution >= 4 is 5.97 Å². The van der Waals surface area contributed by atoms with Crippen molar-refractivity contribution in [1.29, 1.82) is 0 Å². The van der Waals surface area contributed by atoms with E-state index in [1.54, 1.807) is 19.2 Å². The SMILES string of the molecule is CCOC(=O)[C@H]1C[C@@H]1c1nccc(CO)n1. The van der Waals surface area contributed by atoms with Gasteiger partial charge in [-0.05, 0) is 19.4 Å². The summed E-state index contributed by atoms with van der Waals surface area (Å²) in [6, 6.07) is 1.66. The predicted octanol–water partition coefficient (Wildman–Crippen LogP) is 0.635. The molecule has 1 aromatic rings. The minimum Gasteiger partial charge on any atom is -0.466 e. The van der Waals surface area contributed by atoms with Gasteiger partial charge in [-0.3, -0.25) is 4.79 Å². The van der Waals surface area contributed by atoms with Crippen molar-refractivity contribution < 1.29 is 14.6 Å². The molecule has 1 heterocycles. The zero-order valence-electron chi connectivity index (χ0n) is 9.09. The van der Waals surface area contributed by atoms with Gasteiger partial charge in [-0.1, -0.05) is 0 Å². The third-order valence-corrected chi connectivity index (χ3v) is 2.61. The molecule has 1 aliphatic carbocycles. The zero-order valence-corrected chi connectivity index (χ0v) is 9.09. The third-order valence-electron chi connectivity index (χ3n) is 2.61. The first-order valence-corrected chi connectivity index (χ1v) is 5.35. The number of aliphatic hydroxyl groups is 1. The molecule has 0 amide bonds. The molecule has 0 radical (unpaired) electrons.